The minimum Gasteiger partial charge on any atom is -0.378 e. The predicted molar refractivity (Wildman–Crippen MR) is 129 cm³/mol. The van der Waals surface area contributed by atoms with Gasteiger partial charge in [0, 0.05) is 46.3 Å². The zero-order valence-electron chi connectivity index (χ0n) is 17.1. The topological polar surface area (TPSA) is 61.5 Å². The van der Waals surface area contributed by atoms with Crippen LogP contribution in [0.2, 0.25) is 10.0 Å². The van der Waals surface area contributed by atoms with Crippen LogP contribution in [-0.2, 0) is 16.1 Å². The maximum absolute atomic E-state index is 13.7. The Bertz CT molecular complexity index is 1340. The number of aromatic nitrogens is 2. The van der Waals surface area contributed by atoms with E-state index in [0.717, 1.165) is 37.5 Å². The van der Waals surface area contributed by atoms with Crippen LogP contribution in [0.1, 0.15) is 17.2 Å². The number of aromatic amines is 1. The fourth-order valence-electron chi connectivity index (χ4n) is 4.70. The smallest absolute Gasteiger partial charge is 0.232 e. The highest BCUT2D eigenvalue weighted by atomic mass is 35.5. The molecule has 0 saturated carbocycles. The fourth-order valence-corrected chi connectivity index (χ4v) is 6.13. The van der Waals surface area contributed by atoms with Crippen molar-refractivity contribution in [3.8, 4) is 0 Å². The molecule has 2 aromatic carbocycles. The average Bonchev–Trinajstić information content (AvgIpc) is 3.39. The van der Waals surface area contributed by atoms with Crippen LogP contribution in [0.15, 0.2) is 36.4 Å². The number of ether oxygens (including phenoxy) is 1. The van der Waals surface area contributed by atoms with Crippen molar-refractivity contribution in [2.45, 2.75) is 12.5 Å². The minimum atomic E-state index is -0.306. The van der Waals surface area contributed by atoms with E-state index in [-0.39, 0.29) is 11.8 Å². The van der Waals surface area contributed by atoms with Gasteiger partial charge in [0.2, 0.25) is 5.91 Å². The maximum Gasteiger partial charge on any atom is 0.232 e. The number of hydrogen-bond donors (Lipinski definition) is 1. The first-order valence-corrected chi connectivity index (χ1v) is 12.1. The van der Waals surface area contributed by atoms with Gasteiger partial charge in [-0.1, -0.05) is 34.5 Å². The molecule has 1 atom stereocenters. The molecule has 164 valence electrons. The molecule has 9 heteroatoms. The summed E-state index contributed by atoms with van der Waals surface area (Å²) in [7, 11) is 0. The summed E-state index contributed by atoms with van der Waals surface area (Å²) in [6, 6.07) is 11.5. The maximum atomic E-state index is 13.7. The number of amides is 1. The third-order valence-corrected chi connectivity index (χ3v) is 7.76. The van der Waals surface area contributed by atoms with Crippen LogP contribution in [0.4, 0.5) is 5.13 Å². The number of anilines is 1. The molecule has 2 aliphatic heterocycles. The van der Waals surface area contributed by atoms with E-state index >= 15 is 0 Å². The molecule has 0 spiro atoms. The highest BCUT2D eigenvalue weighted by Gasteiger charge is 2.37. The number of carbonyl (C=O) groups is 1. The number of nitrogens with zero attached hydrogens (tertiary/aromatic N) is 3. The lowest BCUT2D eigenvalue weighted by Gasteiger charge is -2.36. The number of H-pyrrole nitrogens is 1. The largest absolute Gasteiger partial charge is 0.378 e. The second kappa shape index (κ2) is 7.92. The summed E-state index contributed by atoms with van der Waals surface area (Å²) in [4.78, 5) is 26.2. The van der Waals surface area contributed by atoms with E-state index in [1.54, 1.807) is 11.3 Å². The van der Waals surface area contributed by atoms with Crippen LogP contribution in [-0.4, -0.2) is 53.6 Å². The van der Waals surface area contributed by atoms with Crippen LogP contribution in [0.5, 0.6) is 0 Å². The van der Waals surface area contributed by atoms with Crippen molar-refractivity contribution in [1.29, 1.82) is 0 Å². The number of carbonyl (C=O) groups excluding carboxylic acids is 1. The molecule has 6 rings (SSSR count). The first-order chi connectivity index (χ1) is 15.6. The summed E-state index contributed by atoms with van der Waals surface area (Å²) in [6.45, 7) is 3.61. The minimum absolute atomic E-state index is 0.129. The van der Waals surface area contributed by atoms with Gasteiger partial charge in [-0.15, -0.1) is 0 Å². The van der Waals surface area contributed by atoms with Crippen molar-refractivity contribution in [2.24, 2.45) is 0 Å². The molecule has 1 saturated heterocycles. The van der Waals surface area contributed by atoms with Gasteiger partial charge in [0.1, 0.15) is 0 Å². The van der Waals surface area contributed by atoms with Gasteiger partial charge in [0.25, 0.3) is 0 Å². The standard InChI is InChI=1S/C23H20Cl2N4O2S/c24-13-1-3-17-15(9-13)21-16(22(30)28-5-7-31-8-6-28)11-29(12-19(21)26-17)23-27-18-4-2-14(25)10-20(18)32-23/h1-4,9-10,16,26H,5-8,11-12H2. The van der Waals surface area contributed by atoms with Crippen LogP contribution < -0.4 is 4.90 Å². The second-order valence-corrected chi connectivity index (χ2v) is 10.1. The number of nitrogens with one attached hydrogen (secondary N) is 1. The molecule has 4 heterocycles. The first-order valence-electron chi connectivity index (χ1n) is 10.5. The van der Waals surface area contributed by atoms with Gasteiger partial charge < -0.3 is 19.5 Å². The van der Waals surface area contributed by atoms with Crippen molar-refractivity contribution in [2.75, 3.05) is 37.7 Å². The zero-order chi connectivity index (χ0) is 21.8. The number of hydrogen-bond acceptors (Lipinski definition) is 5. The van der Waals surface area contributed by atoms with Crippen LogP contribution >= 0.6 is 34.5 Å². The van der Waals surface area contributed by atoms with E-state index in [1.807, 2.05) is 41.3 Å². The quantitative estimate of drug-likeness (QED) is 0.430. The third kappa shape index (κ3) is 3.44. The number of morpholine rings is 1. The number of halogens is 2. The second-order valence-electron chi connectivity index (χ2n) is 8.19. The fraction of sp³-hybridized carbons (Fsp3) is 0.304. The summed E-state index contributed by atoms with van der Waals surface area (Å²) in [5, 5.41) is 3.28. The molecule has 1 unspecified atom stereocenters. The lowest BCUT2D eigenvalue weighted by Crippen LogP contribution is -2.47. The molecule has 1 N–H and O–H groups in total. The number of benzene rings is 2. The molecular weight excluding hydrogens is 467 g/mol. The Balaban J connectivity index is 1.44. The lowest BCUT2D eigenvalue weighted by molar-refractivity contribution is -0.136. The molecular formula is C23H20Cl2N4O2S. The summed E-state index contributed by atoms with van der Waals surface area (Å²) < 4.78 is 6.50. The zero-order valence-corrected chi connectivity index (χ0v) is 19.4. The number of rotatable bonds is 2. The highest BCUT2D eigenvalue weighted by Crippen LogP contribution is 2.40. The van der Waals surface area contributed by atoms with Gasteiger partial charge in [-0.2, -0.15) is 0 Å². The first kappa shape index (κ1) is 20.3. The van der Waals surface area contributed by atoms with E-state index in [4.69, 9.17) is 32.9 Å². The summed E-state index contributed by atoms with van der Waals surface area (Å²) in [6.07, 6.45) is 0. The lowest BCUT2D eigenvalue weighted by atomic mass is 9.90. The predicted octanol–water partition coefficient (Wildman–Crippen LogP) is 5.05. The Kier molecular flexibility index (Phi) is 5.02. The van der Waals surface area contributed by atoms with Gasteiger partial charge in [-0.3, -0.25) is 4.79 Å². The van der Waals surface area contributed by atoms with Crippen molar-refractivity contribution < 1.29 is 9.53 Å². The van der Waals surface area contributed by atoms with Crippen molar-refractivity contribution in [3.05, 3.63) is 57.7 Å². The monoisotopic (exact) mass is 486 g/mol. The molecule has 32 heavy (non-hydrogen) atoms. The molecule has 0 radical (unpaired) electrons. The van der Waals surface area contributed by atoms with Crippen molar-refractivity contribution in [3.63, 3.8) is 0 Å². The molecule has 4 aromatic rings. The third-order valence-electron chi connectivity index (χ3n) is 6.21. The SMILES string of the molecule is O=C(C1CN(c2nc3ccc(Cl)cc3s2)Cc2[nH]c3ccc(Cl)cc3c21)N1CCOCC1. The average molecular weight is 487 g/mol. The van der Waals surface area contributed by atoms with Crippen LogP contribution in [0.3, 0.4) is 0 Å². The Labute approximate surface area is 198 Å². The molecule has 0 aliphatic carbocycles. The van der Waals surface area contributed by atoms with Crippen molar-refractivity contribution >= 4 is 66.7 Å². The van der Waals surface area contributed by atoms with E-state index in [1.165, 1.54) is 0 Å². The number of thiazole rings is 1. The Morgan fingerprint density at radius 2 is 1.91 bits per heavy atom. The molecule has 1 fully saturated rings. The summed E-state index contributed by atoms with van der Waals surface area (Å²) in [5.41, 5.74) is 4.01. The van der Waals surface area contributed by atoms with E-state index in [9.17, 15) is 4.79 Å². The summed E-state index contributed by atoms with van der Waals surface area (Å²) >= 11 is 14.1. The molecule has 6 nitrogen and oxygen atoms in total. The molecule has 1 amide bonds. The normalized spacial score (nSPS) is 19.0. The van der Waals surface area contributed by atoms with E-state index < -0.39 is 0 Å². The Morgan fingerprint density at radius 3 is 2.75 bits per heavy atom. The van der Waals surface area contributed by atoms with Gasteiger partial charge in [-0.05, 0) is 42.0 Å². The Morgan fingerprint density at radius 1 is 1.12 bits per heavy atom. The van der Waals surface area contributed by atoms with Gasteiger partial charge in [0.15, 0.2) is 5.13 Å². The molecule has 2 aromatic heterocycles. The summed E-state index contributed by atoms with van der Waals surface area (Å²) in [5.74, 6) is -0.177. The van der Waals surface area contributed by atoms with E-state index in [0.29, 0.717) is 49.4 Å². The van der Waals surface area contributed by atoms with E-state index in [2.05, 4.69) is 9.88 Å². The van der Waals surface area contributed by atoms with Crippen LogP contribution in [0.25, 0.3) is 21.1 Å². The molecule has 2 aliphatic rings. The number of fused-ring (bicyclic) bond motifs is 4. The van der Waals surface area contributed by atoms with Gasteiger partial charge in [0.05, 0.1) is 35.9 Å². The highest BCUT2D eigenvalue weighted by molar-refractivity contribution is 7.22. The Hall–Kier alpha value is -2.32. The molecule has 0 bridgehead atoms. The van der Waals surface area contributed by atoms with Gasteiger partial charge >= 0.3 is 0 Å². The van der Waals surface area contributed by atoms with Gasteiger partial charge in [-0.25, -0.2) is 4.98 Å². The van der Waals surface area contributed by atoms with Crippen molar-refractivity contribution in [1.82, 2.24) is 14.9 Å². The van der Waals surface area contributed by atoms with Crippen LogP contribution in [0, 0.1) is 0 Å².